The van der Waals surface area contributed by atoms with Gasteiger partial charge in [-0.1, -0.05) is 0 Å². The van der Waals surface area contributed by atoms with Gasteiger partial charge in [0.15, 0.2) is 0 Å². The van der Waals surface area contributed by atoms with Gasteiger partial charge in [0.05, 0.1) is 16.8 Å². The number of aromatic nitrogens is 3. The smallest absolute Gasteiger partial charge is 0.259 e. The lowest BCUT2D eigenvalue weighted by Gasteiger charge is -2.31. The van der Waals surface area contributed by atoms with Crippen molar-refractivity contribution in [1.82, 2.24) is 19.4 Å². The average Bonchev–Trinajstić information content (AvgIpc) is 2.82. The highest BCUT2D eigenvalue weighted by Gasteiger charge is 2.27. The number of pyridine rings is 1. The fourth-order valence-electron chi connectivity index (χ4n) is 3.88. The molecule has 0 aliphatic carbocycles. The second-order valence-corrected chi connectivity index (χ2v) is 8.12. The Bertz CT molecular complexity index is 1250. The Balaban J connectivity index is 1.39. The number of benzene rings is 1. The summed E-state index contributed by atoms with van der Waals surface area (Å²) in [5.74, 6) is -0.0987. The molecule has 2 amide bonds. The maximum absolute atomic E-state index is 13.1. The fraction of sp³-hybridized carbons (Fsp3) is 0.292. The van der Waals surface area contributed by atoms with E-state index in [4.69, 9.17) is 0 Å². The normalized spacial score (nSPS) is 14.2. The molecule has 9 heteroatoms. The molecule has 1 fully saturated rings. The number of likely N-dealkylation sites (tertiary alicyclic amines) is 1. The molecule has 1 saturated heterocycles. The van der Waals surface area contributed by atoms with E-state index in [1.54, 1.807) is 31.1 Å². The van der Waals surface area contributed by atoms with Crippen molar-refractivity contribution >= 4 is 17.5 Å². The molecule has 4 rings (SSSR count). The van der Waals surface area contributed by atoms with Crippen LogP contribution in [-0.2, 0) is 7.05 Å². The number of nitrogens with zero attached hydrogens (tertiary/aromatic N) is 4. The third-order valence-corrected chi connectivity index (χ3v) is 5.82. The molecule has 1 aliphatic rings. The SMILES string of the molecule is Cc1nc(C2CCN(C(=O)c3ccc(=O)n(C)c3)CC2)ncc1C(=O)Nc1ccc(F)cc1. The van der Waals surface area contributed by atoms with Gasteiger partial charge in [-0.15, -0.1) is 0 Å². The molecule has 33 heavy (non-hydrogen) atoms. The quantitative estimate of drug-likeness (QED) is 0.661. The number of anilines is 1. The summed E-state index contributed by atoms with van der Waals surface area (Å²) in [5, 5.41) is 2.72. The Morgan fingerprint density at radius 3 is 2.42 bits per heavy atom. The fourth-order valence-corrected chi connectivity index (χ4v) is 3.88. The van der Waals surface area contributed by atoms with E-state index < -0.39 is 0 Å². The Morgan fingerprint density at radius 1 is 1.09 bits per heavy atom. The molecular weight excluding hydrogens is 425 g/mol. The average molecular weight is 449 g/mol. The van der Waals surface area contributed by atoms with Crippen LogP contribution in [0, 0.1) is 12.7 Å². The van der Waals surface area contributed by atoms with Crippen LogP contribution in [0.25, 0.3) is 0 Å². The van der Waals surface area contributed by atoms with Gasteiger partial charge in [-0.3, -0.25) is 14.4 Å². The standard InChI is InChI=1S/C24H24FN5O3/c1-15-20(23(32)28-19-6-4-18(25)5-7-19)13-26-22(27-15)16-9-11-30(12-10-16)24(33)17-3-8-21(31)29(2)14-17/h3-8,13-14,16H,9-12H2,1-2H3,(H,28,32). The van der Waals surface area contributed by atoms with E-state index in [1.807, 2.05) is 0 Å². The van der Waals surface area contributed by atoms with Crippen LogP contribution in [0.3, 0.4) is 0 Å². The molecule has 1 N–H and O–H groups in total. The van der Waals surface area contributed by atoms with E-state index in [0.717, 1.165) is 0 Å². The van der Waals surface area contributed by atoms with Crippen molar-refractivity contribution in [3.05, 3.63) is 87.6 Å². The molecule has 0 bridgehead atoms. The van der Waals surface area contributed by atoms with Crippen molar-refractivity contribution in [2.24, 2.45) is 7.05 Å². The highest BCUT2D eigenvalue weighted by atomic mass is 19.1. The molecule has 1 aromatic carbocycles. The summed E-state index contributed by atoms with van der Waals surface area (Å²) in [7, 11) is 1.62. The predicted octanol–water partition coefficient (Wildman–Crippen LogP) is 2.89. The Morgan fingerprint density at radius 2 is 1.79 bits per heavy atom. The second kappa shape index (κ2) is 9.32. The van der Waals surface area contributed by atoms with Crippen LogP contribution < -0.4 is 10.9 Å². The zero-order valence-electron chi connectivity index (χ0n) is 18.4. The summed E-state index contributed by atoms with van der Waals surface area (Å²) in [4.78, 5) is 47.6. The van der Waals surface area contributed by atoms with E-state index in [-0.39, 0.29) is 29.1 Å². The molecule has 0 spiro atoms. The van der Waals surface area contributed by atoms with Gasteiger partial charge in [0.1, 0.15) is 11.6 Å². The molecule has 8 nitrogen and oxygen atoms in total. The molecule has 3 aromatic rings. The monoisotopic (exact) mass is 449 g/mol. The Kier molecular flexibility index (Phi) is 6.30. The first-order valence-corrected chi connectivity index (χ1v) is 10.7. The number of aryl methyl sites for hydroxylation is 2. The summed E-state index contributed by atoms with van der Waals surface area (Å²) in [6.07, 6.45) is 4.48. The van der Waals surface area contributed by atoms with E-state index >= 15 is 0 Å². The zero-order valence-corrected chi connectivity index (χ0v) is 18.4. The number of nitrogens with one attached hydrogen (secondary N) is 1. The molecular formula is C24H24FN5O3. The van der Waals surface area contributed by atoms with Crippen molar-refractivity contribution in [2.75, 3.05) is 18.4 Å². The minimum absolute atomic E-state index is 0.0853. The first kappa shape index (κ1) is 22.3. The molecule has 0 saturated carbocycles. The lowest BCUT2D eigenvalue weighted by molar-refractivity contribution is 0.0709. The molecule has 0 radical (unpaired) electrons. The van der Waals surface area contributed by atoms with Crippen LogP contribution in [0.5, 0.6) is 0 Å². The third kappa shape index (κ3) is 4.97. The topological polar surface area (TPSA) is 97.2 Å². The summed E-state index contributed by atoms with van der Waals surface area (Å²) in [6.45, 7) is 2.87. The van der Waals surface area contributed by atoms with Gasteiger partial charge in [-0.25, -0.2) is 14.4 Å². The molecule has 2 aromatic heterocycles. The lowest BCUT2D eigenvalue weighted by atomic mass is 9.95. The minimum Gasteiger partial charge on any atom is -0.339 e. The number of hydrogen-bond donors (Lipinski definition) is 1. The number of halogens is 1. The van der Waals surface area contributed by atoms with E-state index in [0.29, 0.717) is 54.3 Å². The maximum atomic E-state index is 13.1. The van der Waals surface area contributed by atoms with Crippen molar-refractivity contribution in [3.8, 4) is 0 Å². The van der Waals surface area contributed by atoms with Gasteiger partial charge in [0.2, 0.25) is 5.56 Å². The first-order valence-electron chi connectivity index (χ1n) is 10.7. The van der Waals surface area contributed by atoms with E-state index in [1.165, 1.54) is 41.1 Å². The first-order chi connectivity index (χ1) is 15.8. The lowest BCUT2D eigenvalue weighted by Crippen LogP contribution is -2.38. The largest absolute Gasteiger partial charge is 0.339 e. The van der Waals surface area contributed by atoms with E-state index in [9.17, 15) is 18.8 Å². The van der Waals surface area contributed by atoms with Crippen molar-refractivity contribution in [3.63, 3.8) is 0 Å². The number of carbonyl (C=O) groups is 2. The van der Waals surface area contributed by atoms with Crippen LogP contribution in [0.2, 0.25) is 0 Å². The molecule has 1 aliphatic heterocycles. The van der Waals surface area contributed by atoms with Crippen LogP contribution in [0.1, 0.15) is 51.0 Å². The Hall–Kier alpha value is -3.88. The van der Waals surface area contributed by atoms with Crippen molar-refractivity contribution < 1.29 is 14.0 Å². The second-order valence-electron chi connectivity index (χ2n) is 8.12. The number of hydrogen-bond acceptors (Lipinski definition) is 5. The van der Waals surface area contributed by atoms with Crippen LogP contribution >= 0.6 is 0 Å². The molecule has 170 valence electrons. The maximum Gasteiger partial charge on any atom is 0.259 e. The number of amides is 2. The van der Waals surface area contributed by atoms with Crippen LogP contribution in [0.15, 0.2) is 53.6 Å². The van der Waals surface area contributed by atoms with Gasteiger partial charge < -0.3 is 14.8 Å². The van der Waals surface area contributed by atoms with Crippen LogP contribution in [-0.4, -0.2) is 44.3 Å². The zero-order chi connectivity index (χ0) is 23.5. The summed E-state index contributed by atoms with van der Waals surface area (Å²) in [5.41, 5.74) is 1.72. The summed E-state index contributed by atoms with van der Waals surface area (Å²) in [6, 6.07) is 8.48. The summed E-state index contributed by atoms with van der Waals surface area (Å²) < 4.78 is 14.4. The van der Waals surface area contributed by atoms with Crippen molar-refractivity contribution in [2.45, 2.75) is 25.7 Å². The summed E-state index contributed by atoms with van der Waals surface area (Å²) >= 11 is 0. The van der Waals surface area contributed by atoms with Gasteiger partial charge >= 0.3 is 0 Å². The predicted molar refractivity (Wildman–Crippen MR) is 121 cm³/mol. The van der Waals surface area contributed by atoms with E-state index in [2.05, 4.69) is 15.3 Å². The number of carbonyl (C=O) groups excluding carboxylic acids is 2. The van der Waals surface area contributed by atoms with Gasteiger partial charge in [-0.2, -0.15) is 0 Å². The molecule has 0 atom stereocenters. The van der Waals surface area contributed by atoms with Crippen LogP contribution in [0.4, 0.5) is 10.1 Å². The van der Waals surface area contributed by atoms with Gasteiger partial charge in [0.25, 0.3) is 11.8 Å². The highest BCUT2D eigenvalue weighted by Crippen LogP contribution is 2.27. The van der Waals surface area contributed by atoms with Crippen molar-refractivity contribution in [1.29, 1.82) is 0 Å². The minimum atomic E-state index is -0.376. The van der Waals surface area contributed by atoms with Gasteiger partial charge in [-0.05, 0) is 50.1 Å². The third-order valence-electron chi connectivity index (χ3n) is 5.82. The number of piperidine rings is 1. The highest BCUT2D eigenvalue weighted by molar-refractivity contribution is 6.04. The van der Waals surface area contributed by atoms with Gasteiger partial charge in [0, 0.05) is 50.2 Å². The number of rotatable bonds is 4. The molecule has 3 heterocycles. The Labute approximate surface area is 190 Å². The molecule has 0 unspecified atom stereocenters.